The minimum Gasteiger partial charge on any atom is -0.432 e. The molecule has 2 aliphatic rings. The minimum atomic E-state index is 0.424. The molecule has 88 valence electrons. The lowest BCUT2D eigenvalue weighted by atomic mass is 10.2. The van der Waals surface area contributed by atoms with Crippen LogP contribution in [0.4, 0.5) is 6.01 Å². The number of piperazine rings is 1. The fourth-order valence-corrected chi connectivity index (χ4v) is 2.79. The molecule has 3 rings (SSSR count). The van der Waals surface area contributed by atoms with E-state index in [1.54, 1.807) is 6.26 Å². The third kappa shape index (κ3) is 1.80. The average Bonchev–Trinajstić information content (AvgIpc) is 2.96. The molecule has 2 fully saturated rings. The molecule has 0 radical (unpaired) electrons. The summed E-state index contributed by atoms with van der Waals surface area (Å²) in [6.45, 7) is 4.45. The van der Waals surface area contributed by atoms with Crippen LogP contribution in [-0.4, -0.2) is 42.1 Å². The number of aromatic nitrogens is 1. The van der Waals surface area contributed by atoms with Crippen molar-refractivity contribution in [1.29, 1.82) is 0 Å². The van der Waals surface area contributed by atoms with Gasteiger partial charge in [0.05, 0.1) is 11.6 Å². The summed E-state index contributed by atoms with van der Waals surface area (Å²) in [4.78, 5) is 9.19. The van der Waals surface area contributed by atoms with Crippen LogP contribution in [0, 0.1) is 0 Å². The number of nitrogens with zero attached hydrogens (tertiary/aromatic N) is 3. The van der Waals surface area contributed by atoms with Crippen LogP contribution in [0.2, 0.25) is 0 Å². The molecule has 0 N–H and O–H groups in total. The maximum atomic E-state index is 5.72. The van der Waals surface area contributed by atoms with E-state index in [2.05, 4.69) is 14.8 Å². The van der Waals surface area contributed by atoms with Gasteiger partial charge in [0, 0.05) is 25.7 Å². The van der Waals surface area contributed by atoms with E-state index >= 15 is 0 Å². The monoisotopic (exact) mass is 241 g/mol. The van der Waals surface area contributed by atoms with Crippen molar-refractivity contribution in [2.24, 2.45) is 0 Å². The first-order chi connectivity index (χ1) is 7.86. The second-order valence-electron chi connectivity index (χ2n) is 4.53. The Balaban J connectivity index is 1.71. The Morgan fingerprint density at radius 3 is 3.19 bits per heavy atom. The van der Waals surface area contributed by atoms with Gasteiger partial charge in [-0.3, -0.25) is 4.90 Å². The number of oxazole rings is 1. The predicted molar refractivity (Wildman–Crippen MR) is 62.9 cm³/mol. The summed E-state index contributed by atoms with van der Waals surface area (Å²) in [5, 5.41) is 0. The van der Waals surface area contributed by atoms with Gasteiger partial charge >= 0.3 is 0 Å². The molecular weight excluding hydrogens is 226 g/mol. The van der Waals surface area contributed by atoms with E-state index in [0.29, 0.717) is 11.9 Å². The van der Waals surface area contributed by atoms with Gasteiger partial charge in [0.2, 0.25) is 0 Å². The predicted octanol–water partition coefficient (Wildman–Crippen LogP) is 1.70. The topological polar surface area (TPSA) is 32.5 Å². The lowest BCUT2D eigenvalue weighted by Crippen LogP contribution is -2.50. The normalized spacial score (nSPS) is 26.1. The van der Waals surface area contributed by atoms with Gasteiger partial charge in [-0.25, -0.2) is 0 Å². The molecule has 0 aliphatic carbocycles. The van der Waals surface area contributed by atoms with Crippen molar-refractivity contribution < 1.29 is 4.42 Å². The van der Waals surface area contributed by atoms with Crippen LogP contribution in [0.25, 0.3) is 0 Å². The van der Waals surface area contributed by atoms with Gasteiger partial charge in [0.15, 0.2) is 0 Å². The Hall–Kier alpha value is -0.740. The van der Waals surface area contributed by atoms with E-state index < -0.39 is 0 Å². The van der Waals surface area contributed by atoms with E-state index in [1.807, 2.05) is 0 Å². The number of halogens is 1. The lowest BCUT2D eigenvalue weighted by Gasteiger charge is -2.36. The lowest BCUT2D eigenvalue weighted by molar-refractivity contribution is 0.226. The number of fused-ring (bicyclic) bond motifs is 1. The molecule has 2 aliphatic heterocycles. The molecule has 5 heteroatoms. The third-order valence-electron chi connectivity index (χ3n) is 3.53. The summed E-state index contributed by atoms with van der Waals surface area (Å²) >= 11 is 5.72. The first-order valence-corrected chi connectivity index (χ1v) is 6.39. The number of hydrogen-bond acceptors (Lipinski definition) is 4. The molecule has 0 spiro atoms. The van der Waals surface area contributed by atoms with Crippen molar-refractivity contribution in [2.45, 2.75) is 24.8 Å². The maximum Gasteiger partial charge on any atom is 0.297 e. The highest BCUT2D eigenvalue weighted by Crippen LogP contribution is 2.25. The van der Waals surface area contributed by atoms with Crippen molar-refractivity contribution >= 4 is 17.6 Å². The fraction of sp³-hybridized carbons (Fsp3) is 0.727. The quantitative estimate of drug-likeness (QED) is 0.738. The van der Waals surface area contributed by atoms with Gasteiger partial charge in [-0.05, 0) is 19.4 Å². The second-order valence-corrected chi connectivity index (χ2v) is 4.80. The second kappa shape index (κ2) is 4.26. The maximum absolute atomic E-state index is 5.72. The highest BCUT2D eigenvalue weighted by molar-refractivity contribution is 6.16. The van der Waals surface area contributed by atoms with E-state index in [1.165, 1.54) is 19.4 Å². The van der Waals surface area contributed by atoms with Gasteiger partial charge in [-0.2, -0.15) is 4.98 Å². The van der Waals surface area contributed by atoms with E-state index in [4.69, 9.17) is 16.0 Å². The molecule has 0 bridgehead atoms. The number of alkyl halides is 1. The Morgan fingerprint density at radius 1 is 1.44 bits per heavy atom. The molecule has 2 saturated heterocycles. The number of hydrogen-bond donors (Lipinski definition) is 0. The molecular formula is C11H16ClN3O. The van der Waals surface area contributed by atoms with Crippen LogP contribution >= 0.6 is 11.6 Å². The summed E-state index contributed by atoms with van der Waals surface area (Å²) in [7, 11) is 0. The number of rotatable bonds is 2. The summed E-state index contributed by atoms with van der Waals surface area (Å²) in [6, 6.07) is 1.43. The Kier molecular flexibility index (Phi) is 2.77. The van der Waals surface area contributed by atoms with Crippen LogP contribution < -0.4 is 4.90 Å². The summed E-state index contributed by atoms with van der Waals surface area (Å²) in [5.74, 6) is 0.424. The molecule has 1 atom stereocenters. The van der Waals surface area contributed by atoms with E-state index in [-0.39, 0.29) is 0 Å². The Morgan fingerprint density at radius 2 is 2.38 bits per heavy atom. The number of anilines is 1. The molecule has 1 aromatic heterocycles. The highest BCUT2D eigenvalue weighted by Gasteiger charge is 2.31. The SMILES string of the molecule is ClCc1coc(N2CCN3CCCC3C2)n1. The Bertz CT molecular complexity index is 368. The summed E-state index contributed by atoms with van der Waals surface area (Å²) < 4.78 is 5.46. The molecule has 0 amide bonds. The molecule has 4 nitrogen and oxygen atoms in total. The smallest absolute Gasteiger partial charge is 0.297 e. The van der Waals surface area contributed by atoms with Gasteiger partial charge in [0.1, 0.15) is 6.26 Å². The van der Waals surface area contributed by atoms with Gasteiger partial charge in [0.25, 0.3) is 6.01 Å². The molecule has 3 heterocycles. The van der Waals surface area contributed by atoms with Crippen LogP contribution in [0.3, 0.4) is 0 Å². The van der Waals surface area contributed by atoms with Crippen molar-refractivity contribution in [1.82, 2.24) is 9.88 Å². The standard InChI is InChI=1S/C11H16ClN3O/c12-6-9-8-16-11(13-9)15-5-4-14-3-1-2-10(14)7-15/h8,10H,1-7H2. The van der Waals surface area contributed by atoms with Crippen molar-refractivity contribution in [3.05, 3.63) is 12.0 Å². The molecule has 1 aromatic rings. The first-order valence-electron chi connectivity index (χ1n) is 5.86. The molecule has 0 aromatic carbocycles. The summed E-state index contributed by atoms with van der Waals surface area (Å²) in [6.07, 6.45) is 4.29. The van der Waals surface area contributed by atoms with Crippen LogP contribution in [0.5, 0.6) is 0 Å². The fourth-order valence-electron chi connectivity index (χ4n) is 2.67. The van der Waals surface area contributed by atoms with Crippen LogP contribution in [0.1, 0.15) is 18.5 Å². The van der Waals surface area contributed by atoms with Crippen LogP contribution in [0.15, 0.2) is 10.7 Å². The van der Waals surface area contributed by atoms with Crippen molar-refractivity contribution in [3.63, 3.8) is 0 Å². The van der Waals surface area contributed by atoms with Crippen molar-refractivity contribution in [2.75, 3.05) is 31.1 Å². The van der Waals surface area contributed by atoms with Crippen molar-refractivity contribution in [3.8, 4) is 0 Å². The largest absolute Gasteiger partial charge is 0.432 e. The minimum absolute atomic E-state index is 0.424. The van der Waals surface area contributed by atoms with Gasteiger partial charge in [-0.1, -0.05) is 0 Å². The molecule has 0 saturated carbocycles. The zero-order valence-electron chi connectivity index (χ0n) is 9.23. The zero-order chi connectivity index (χ0) is 11.0. The molecule has 16 heavy (non-hydrogen) atoms. The van der Waals surface area contributed by atoms with Gasteiger partial charge in [-0.15, -0.1) is 11.6 Å². The first kappa shape index (κ1) is 10.4. The molecule has 1 unspecified atom stereocenters. The third-order valence-corrected chi connectivity index (χ3v) is 3.81. The summed E-state index contributed by atoms with van der Waals surface area (Å²) in [5.41, 5.74) is 0.825. The van der Waals surface area contributed by atoms with Crippen LogP contribution in [-0.2, 0) is 5.88 Å². The van der Waals surface area contributed by atoms with E-state index in [0.717, 1.165) is 31.3 Å². The van der Waals surface area contributed by atoms with Gasteiger partial charge < -0.3 is 9.32 Å². The zero-order valence-corrected chi connectivity index (χ0v) is 9.99. The van der Waals surface area contributed by atoms with E-state index in [9.17, 15) is 0 Å². The average molecular weight is 242 g/mol. The Labute approximate surface area is 100 Å². The highest BCUT2D eigenvalue weighted by atomic mass is 35.5.